The average molecular weight is 412 g/mol. The summed E-state index contributed by atoms with van der Waals surface area (Å²) in [6, 6.07) is 7.08. The van der Waals surface area contributed by atoms with E-state index in [0.717, 1.165) is 0 Å². The average Bonchev–Trinajstić information content (AvgIpc) is 2.66. The number of hydrogen-bond acceptors (Lipinski definition) is 4. The predicted molar refractivity (Wildman–Crippen MR) is 102 cm³/mol. The van der Waals surface area contributed by atoms with E-state index in [-0.39, 0.29) is 28.4 Å². The molecule has 150 valence electrons. The first kappa shape index (κ1) is 21.6. The number of anilines is 1. The van der Waals surface area contributed by atoms with Crippen molar-refractivity contribution in [2.75, 3.05) is 11.9 Å². The summed E-state index contributed by atoms with van der Waals surface area (Å²) in [6.45, 7) is 2.72. The number of hydrogen-bond donors (Lipinski definition) is 2. The summed E-state index contributed by atoms with van der Waals surface area (Å²) in [5.41, 5.74) is 0.925. The van der Waals surface area contributed by atoms with Gasteiger partial charge >= 0.3 is 0 Å². The molecule has 0 radical (unpaired) electrons. The van der Waals surface area contributed by atoms with Gasteiger partial charge in [0.05, 0.1) is 6.04 Å². The van der Waals surface area contributed by atoms with Crippen molar-refractivity contribution >= 4 is 29.2 Å². The summed E-state index contributed by atoms with van der Waals surface area (Å²) in [5.74, 6) is -0.0842. The number of nitrogens with one attached hydrogen (secondary N) is 2. The van der Waals surface area contributed by atoms with Crippen LogP contribution in [-0.4, -0.2) is 29.8 Å². The number of nitrogens with zero attached hydrogens (tertiary/aromatic N) is 1. The van der Waals surface area contributed by atoms with E-state index in [1.54, 1.807) is 19.9 Å². The van der Waals surface area contributed by atoms with Crippen LogP contribution >= 0.6 is 11.6 Å². The molecular weight excluding hydrogens is 392 g/mol. The van der Waals surface area contributed by atoms with E-state index in [4.69, 9.17) is 16.3 Å². The fraction of sp³-hybridized carbons (Fsp3) is 0.316. The summed E-state index contributed by atoms with van der Waals surface area (Å²) in [7, 11) is 0. The van der Waals surface area contributed by atoms with Crippen molar-refractivity contribution in [1.29, 1.82) is 0 Å². The van der Waals surface area contributed by atoms with Crippen LogP contribution in [0.1, 0.15) is 42.2 Å². The summed E-state index contributed by atoms with van der Waals surface area (Å²) in [5, 5.41) is 5.66. The molecule has 0 saturated heterocycles. The van der Waals surface area contributed by atoms with E-state index in [9.17, 15) is 18.4 Å². The van der Waals surface area contributed by atoms with E-state index < -0.39 is 19.1 Å². The molecule has 0 bridgehead atoms. The first-order valence-electron chi connectivity index (χ1n) is 8.57. The van der Waals surface area contributed by atoms with E-state index in [2.05, 4.69) is 15.6 Å². The van der Waals surface area contributed by atoms with Gasteiger partial charge in [0, 0.05) is 23.2 Å². The lowest BCUT2D eigenvalue weighted by molar-refractivity contribution is -0.115. The highest BCUT2D eigenvalue weighted by molar-refractivity contribution is 6.31. The van der Waals surface area contributed by atoms with Crippen LogP contribution in [0.2, 0.25) is 5.02 Å². The monoisotopic (exact) mass is 411 g/mol. The van der Waals surface area contributed by atoms with Crippen LogP contribution in [-0.2, 0) is 4.79 Å². The van der Waals surface area contributed by atoms with Gasteiger partial charge in [-0.05, 0) is 36.8 Å². The molecule has 1 heterocycles. The first-order chi connectivity index (χ1) is 13.3. The molecule has 6 nitrogen and oxygen atoms in total. The number of amides is 2. The molecule has 9 heteroatoms. The SMILES string of the molecule is CCC(=O)Nc1cc(C(=O)NC(C)c2ccc(OCC(F)F)cc2Cl)ccn1. The Hall–Kier alpha value is -2.74. The highest BCUT2D eigenvalue weighted by atomic mass is 35.5. The van der Waals surface area contributed by atoms with Crippen molar-refractivity contribution in [2.45, 2.75) is 32.7 Å². The van der Waals surface area contributed by atoms with Crippen molar-refractivity contribution in [3.63, 3.8) is 0 Å². The van der Waals surface area contributed by atoms with Crippen LogP contribution in [0.3, 0.4) is 0 Å². The molecule has 0 aliphatic carbocycles. The molecule has 0 saturated carbocycles. The minimum atomic E-state index is -2.58. The number of rotatable bonds is 8. The molecule has 0 aliphatic rings. The van der Waals surface area contributed by atoms with E-state index in [1.807, 2.05) is 0 Å². The Morgan fingerprint density at radius 1 is 1.25 bits per heavy atom. The molecule has 1 aromatic carbocycles. The van der Waals surface area contributed by atoms with Crippen LogP contribution in [0.5, 0.6) is 5.75 Å². The summed E-state index contributed by atoms with van der Waals surface area (Å²) >= 11 is 6.19. The minimum Gasteiger partial charge on any atom is -0.488 e. The molecule has 2 N–H and O–H groups in total. The molecule has 0 spiro atoms. The van der Waals surface area contributed by atoms with Gasteiger partial charge in [-0.15, -0.1) is 0 Å². The Bertz CT molecular complexity index is 849. The van der Waals surface area contributed by atoms with Gasteiger partial charge in [-0.25, -0.2) is 13.8 Å². The van der Waals surface area contributed by atoms with Gasteiger partial charge in [0.1, 0.15) is 18.2 Å². The second kappa shape index (κ2) is 9.98. The van der Waals surface area contributed by atoms with E-state index in [0.29, 0.717) is 17.5 Å². The third-order valence-corrected chi connectivity index (χ3v) is 4.10. The molecule has 2 amide bonds. The highest BCUT2D eigenvalue weighted by Gasteiger charge is 2.16. The maximum absolute atomic E-state index is 12.5. The lowest BCUT2D eigenvalue weighted by atomic mass is 10.1. The Kier molecular flexibility index (Phi) is 7.69. The Labute approximate surface area is 166 Å². The van der Waals surface area contributed by atoms with Gasteiger partial charge in [-0.2, -0.15) is 0 Å². The number of benzene rings is 1. The zero-order chi connectivity index (χ0) is 20.7. The predicted octanol–water partition coefficient (Wildman–Crippen LogP) is 4.22. The molecule has 2 rings (SSSR count). The van der Waals surface area contributed by atoms with Crippen LogP contribution < -0.4 is 15.4 Å². The van der Waals surface area contributed by atoms with Crippen LogP contribution in [0.15, 0.2) is 36.5 Å². The van der Waals surface area contributed by atoms with Gasteiger partial charge in [0.2, 0.25) is 5.91 Å². The smallest absolute Gasteiger partial charge is 0.272 e. The van der Waals surface area contributed by atoms with Crippen LogP contribution in [0, 0.1) is 0 Å². The van der Waals surface area contributed by atoms with Gasteiger partial charge in [-0.3, -0.25) is 9.59 Å². The van der Waals surface area contributed by atoms with Crippen molar-refractivity contribution in [2.24, 2.45) is 0 Å². The first-order valence-corrected chi connectivity index (χ1v) is 8.95. The fourth-order valence-electron chi connectivity index (χ4n) is 2.34. The summed E-state index contributed by atoms with van der Waals surface area (Å²) < 4.78 is 29.4. The van der Waals surface area contributed by atoms with Gasteiger partial charge in [-0.1, -0.05) is 24.6 Å². The molecule has 1 aromatic heterocycles. The number of carbonyl (C=O) groups is 2. The van der Waals surface area contributed by atoms with Crippen molar-refractivity contribution in [3.05, 3.63) is 52.7 Å². The minimum absolute atomic E-state index is 0.209. The van der Waals surface area contributed by atoms with Crippen molar-refractivity contribution in [3.8, 4) is 5.75 Å². The summed E-state index contributed by atoms with van der Waals surface area (Å²) in [6.07, 6.45) is -0.860. The number of ether oxygens (including phenoxy) is 1. The van der Waals surface area contributed by atoms with Crippen LogP contribution in [0.25, 0.3) is 0 Å². The molecule has 28 heavy (non-hydrogen) atoms. The second-order valence-electron chi connectivity index (χ2n) is 5.91. The number of carbonyl (C=O) groups excluding carboxylic acids is 2. The largest absolute Gasteiger partial charge is 0.488 e. The van der Waals surface area contributed by atoms with Crippen LogP contribution in [0.4, 0.5) is 14.6 Å². The lowest BCUT2D eigenvalue weighted by Crippen LogP contribution is -2.27. The van der Waals surface area contributed by atoms with Gasteiger partial charge in [0.25, 0.3) is 12.3 Å². The number of alkyl halides is 2. The Morgan fingerprint density at radius 3 is 2.64 bits per heavy atom. The normalized spacial score (nSPS) is 11.8. The highest BCUT2D eigenvalue weighted by Crippen LogP contribution is 2.27. The Morgan fingerprint density at radius 2 is 2.00 bits per heavy atom. The lowest BCUT2D eigenvalue weighted by Gasteiger charge is -2.17. The van der Waals surface area contributed by atoms with E-state index in [1.165, 1.54) is 30.5 Å². The van der Waals surface area contributed by atoms with Crippen molar-refractivity contribution in [1.82, 2.24) is 10.3 Å². The van der Waals surface area contributed by atoms with Crippen molar-refractivity contribution < 1.29 is 23.1 Å². The second-order valence-corrected chi connectivity index (χ2v) is 6.32. The molecule has 1 atom stereocenters. The molecule has 1 unspecified atom stereocenters. The standard InChI is InChI=1S/C19H20ClF2N3O3/c1-3-18(26)25-17-8-12(6-7-23-17)19(27)24-11(2)14-5-4-13(9-15(14)20)28-10-16(21)22/h4-9,11,16H,3,10H2,1-2H3,(H,24,27)(H,23,25,26). The fourth-order valence-corrected chi connectivity index (χ4v) is 2.67. The zero-order valence-electron chi connectivity index (χ0n) is 15.3. The third-order valence-electron chi connectivity index (χ3n) is 3.77. The maximum atomic E-state index is 12.5. The Balaban J connectivity index is 2.06. The van der Waals surface area contributed by atoms with E-state index >= 15 is 0 Å². The topological polar surface area (TPSA) is 80.3 Å². The number of pyridine rings is 1. The molecule has 2 aromatic rings. The molecular formula is C19H20ClF2N3O3. The maximum Gasteiger partial charge on any atom is 0.272 e. The molecule has 0 aliphatic heterocycles. The number of halogens is 3. The quantitative estimate of drug-likeness (QED) is 0.681. The van der Waals surface area contributed by atoms with Gasteiger partial charge < -0.3 is 15.4 Å². The third kappa shape index (κ3) is 6.16. The molecule has 0 fully saturated rings. The van der Waals surface area contributed by atoms with Gasteiger partial charge in [0.15, 0.2) is 0 Å². The zero-order valence-corrected chi connectivity index (χ0v) is 16.1. The summed E-state index contributed by atoms with van der Waals surface area (Å²) in [4.78, 5) is 27.9. The number of aromatic nitrogens is 1.